The Hall–Kier alpha value is -2.16. The van der Waals surface area contributed by atoms with E-state index in [0.717, 1.165) is 24.8 Å². The number of piperidine rings is 1. The van der Waals surface area contributed by atoms with E-state index in [2.05, 4.69) is 5.10 Å². The first-order chi connectivity index (χ1) is 13.0. The summed E-state index contributed by atoms with van der Waals surface area (Å²) in [6, 6.07) is 10.3. The summed E-state index contributed by atoms with van der Waals surface area (Å²) < 4.78 is 29.7. The molecule has 1 saturated heterocycles. The van der Waals surface area contributed by atoms with E-state index >= 15 is 0 Å². The standard InChI is InChI=1S/C18H19ClN4O3S/c19-16-7-3-2-6-14(16)12-23-18(24)22-13-15(8-9-17(22)20-23)27(25,26)21-10-4-1-5-11-21/h2-3,6-9,13H,1,4-5,10-12H2. The minimum absolute atomic E-state index is 0.108. The first-order valence-electron chi connectivity index (χ1n) is 8.79. The van der Waals surface area contributed by atoms with Gasteiger partial charge in [-0.2, -0.15) is 4.31 Å². The van der Waals surface area contributed by atoms with Gasteiger partial charge in [-0.05, 0) is 36.6 Å². The number of halogens is 1. The molecular formula is C18H19ClN4O3S. The Balaban J connectivity index is 1.72. The van der Waals surface area contributed by atoms with Crippen molar-refractivity contribution in [3.8, 4) is 0 Å². The van der Waals surface area contributed by atoms with Gasteiger partial charge in [-0.1, -0.05) is 36.2 Å². The summed E-state index contributed by atoms with van der Waals surface area (Å²) in [5.41, 5.74) is 0.760. The van der Waals surface area contributed by atoms with E-state index in [1.165, 1.54) is 25.7 Å². The largest absolute Gasteiger partial charge is 0.350 e. The van der Waals surface area contributed by atoms with Gasteiger partial charge in [0.1, 0.15) is 0 Å². The van der Waals surface area contributed by atoms with Crippen LogP contribution >= 0.6 is 11.6 Å². The molecule has 142 valence electrons. The maximum atomic E-state index is 12.9. The SMILES string of the molecule is O=c1n(Cc2ccccc2Cl)nc2ccc(S(=O)(=O)N3CCCCC3)cn12. The van der Waals surface area contributed by atoms with Crippen molar-refractivity contribution in [2.24, 2.45) is 0 Å². The highest BCUT2D eigenvalue weighted by atomic mass is 35.5. The van der Waals surface area contributed by atoms with Crippen molar-refractivity contribution >= 4 is 27.3 Å². The van der Waals surface area contributed by atoms with E-state index in [1.54, 1.807) is 12.1 Å². The molecule has 0 saturated carbocycles. The molecule has 1 aromatic carbocycles. The molecular weight excluding hydrogens is 388 g/mol. The molecule has 0 spiro atoms. The van der Waals surface area contributed by atoms with Gasteiger partial charge in [0.25, 0.3) is 0 Å². The van der Waals surface area contributed by atoms with Crippen molar-refractivity contribution in [2.75, 3.05) is 13.1 Å². The van der Waals surface area contributed by atoms with E-state index in [1.807, 2.05) is 18.2 Å². The fourth-order valence-corrected chi connectivity index (χ4v) is 5.01. The number of benzene rings is 1. The van der Waals surface area contributed by atoms with Crippen molar-refractivity contribution in [2.45, 2.75) is 30.7 Å². The summed E-state index contributed by atoms with van der Waals surface area (Å²) in [6.07, 6.45) is 4.12. The fourth-order valence-electron chi connectivity index (χ4n) is 3.30. The van der Waals surface area contributed by atoms with Crippen LogP contribution in [0.4, 0.5) is 0 Å². The molecule has 0 aliphatic carbocycles. The van der Waals surface area contributed by atoms with Crippen LogP contribution in [-0.4, -0.2) is 40.0 Å². The monoisotopic (exact) mass is 406 g/mol. The Kier molecular flexibility index (Phi) is 4.79. The fraction of sp³-hybridized carbons (Fsp3) is 0.333. The maximum Gasteiger partial charge on any atom is 0.350 e. The van der Waals surface area contributed by atoms with Gasteiger partial charge in [-0.15, -0.1) is 5.10 Å². The molecule has 0 radical (unpaired) electrons. The van der Waals surface area contributed by atoms with E-state index in [4.69, 9.17) is 11.6 Å². The molecule has 1 aliphatic heterocycles. The van der Waals surface area contributed by atoms with Gasteiger partial charge in [0.05, 0.1) is 11.4 Å². The Morgan fingerprint density at radius 2 is 1.78 bits per heavy atom. The highest BCUT2D eigenvalue weighted by Gasteiger charge is 2.26. The summed E-state index contributed by atoms with van der Waals surface area (Å²) in [5.74, 6) is 0. The lowest BCUT2D eigenvalue weighted by atomic mass is 10.2. The third kappa shape index (κ3) is 3.40. The normalized spacial score (nSPS) is 16.0. The van der Waals surface area contributed by atoms with E-state index < -0.39 is 15.7 Å². The summed E-state index contributed by atoms with van der Waals surface area (Å²) in [6.45, 7) is 1.25. The van der Waals surface area contributed by atoms with Crippen molar-refractivity contribution in [1.82, 2.24) is 18.5 Å². The van der Waals surface area contributed by atoms with Crippen LogP contribution in [0.5, 0.6) is 0 Å². The van der Waals surface area contributed by atoms with Crippen LogP contribution < -0.4 is 5.69 Å². The molecule has 0 unspecified atom stereocenters. The van der Waals surface area contributed by atoms with E-state index in [-0.39, 0.29) is 11.4 Å². The zero-order valence-corrected chi connectivity index (χ0v) is 16.2. The Morgan fingerprint density at radius 1 is 1.04 bits per heavy atom. The summed E-state index contributed by atoms with van der Waals surface area (Å²) in [7, 11) is -3.61. The highest BCUT2D eigenvalue weighted by Crippen LogP contribution is 2.21. The molecule has 3 heterocycles. The molecule has 1 aliphatic rings. The Morgan fingerprint density at radius 3 is 2.52 bits per heavy atom. The summed E-state index contributed by atoms with van der Waals surface area (Å²) in [5, 5.41) is 4.84. The van der Waals surface area contributed by atoms with E-state index in [9.17, 15) is 13.2 Å². The average molecular weight is 407 g/mol. The number of hydrogen-bond donors (Lipinski definition) is 0. The zero-order chi connectivity index (χ0) is 19.0. The van der Waals surface area contributed by atoms with Gasteiger partial charge in [0.15, 0.2) is 5.65 Å². The molecule has 4 rings (SSSR count). The minimum atomic E-state index is -3.61. The lowest BCUT2D eigenvalue weighted by Crippen LogP contribution is -2.35. The lowest BCUT2D eigenvalue weighted by Gasteiger charge is -2.25. The molecule has 0 amide bonds. The van der Waals surface area contributed by atoms with E-state index in [0.29, 0.717) is 23.8 Å². The second-order valence-electron chi connectivity index (χ2n) is 6.59. The zero-order valence-electron chi connectivity index (χ0n) is 14.6. The smallest absolute Gasteiger partial charge is 0.249 e. The van der Waals surface area contributed by atoms with Crippen molar-refractivity contribution in [3.63, 3.8) is 0 Å². The number of nitrogens with zero attached hydrogens (tertiary/aromatic N) is 4. The second-order valence-corrected chi connectivity index (χ2v) is 8.93. The molecule has 27 heavy (non-hydrogen) atoms. The summed E-state index contributed by atoms with van der Waals surface area (Å²) in [4.78, 5) is 12.8. The van der Waals surface area contributed by atoms with Gasteiger partial charge in [-0.3, -0.25) is 0 Å². The molecule has 1 fully saturated rings. The summed E-state index contributed by atoms with van der Waals surface area (Å²) >= 11 is 6.16. The highest BCUT2D eigenvalue weighted by molar-refractivity contribution is 7.89. The number of fused-ring (bicyclic) bond motifs is 1. The second kappa shape index (κ2) is 7.10. The van der Waals surface area contributed by atoms with Crippen LogP contribution in [0.25, 0.3) is 5.65 Å². The van der Waals surface area contributed by atoms with Crippen LogP contribution in [0.15, 0.2) is 52.3 Å². The Bertz CT molecular complexity index is 1150. The molecule has 2 aromatic heterocycles. The van der Waals surface area contributed by atoms with Crippen molar-refractivity contribution < 1.29 is 8.42 Å². The van der Waals surface area contributed by atoms with Crippen LogP contribution in [-0.2, 0) is 16.6 Å². The third-order valence-electron chi connectivity index (χ3n) is 4.78. The molecule has 3 aromatic rings. The maximum absolute atomic E-state index is 12.9. The molecule has 7 nitrogen and oxygen atoms in total. The molecule has 0 bridgehead atoms. The number of rotatable bonds is 4. The van der Waals surface area contributed by atoms with Crippen LogP contribution in [0, 0.1) is 0 Å². The van der Waals surface area contributed by atoms with Gasteiger partial charge < -0.3 is 0 Å². The number of aromatic nitrogens is 3. The molecule has 0 atom stereocenters. The third-order valence-corrected chi connectivity index (χ3v) is 7.03. The Labute approximate surface area is 161 Å². The predicted molar refractivity (Wildman–Crippen MR) is 103 cm³/mol. The quantitative estimate of drug-likeness (QED) is 0.666. The molecule has 9 heteroatoms. The van der Waals surface area contributed by atoms with Gasteiger partial charge >= 0.3 is 5.69 Å². The predicted octanol–water partition coefficient (Wildman–Crippen LogP) is 2.37. The van der Waals surface area contributed by atoms with Gasteiger partial charge in [-0.25, -0.2) is 22.3 Å². The average Bonchev–Trinajstić information content (AvgIpc) is 2.99. The minimum Gasteiger partial charge on any atom is -0.249 e. The first kappa shape index (κ1) is 18.2. The number of hydrogen-bond acceptors (Lipinski definition) is 4. The van der Waals surface area contributed by atoms with Crippen molar-refractivity contribution in [1.29, 1.82) is 0 Å². The molecule has 0 N–H and O–H groups in total. The van der Waals surface area contributed by atoms with Gasteiger partial charge in [0.2, 0.25) is 10.0 Å². The topological polar surface area (TPSA) is 76.7 Å². The number of sulfonamides is 1. The van der Waals surface area contributed by atoms with Gasteiger partial charge in [0, 0.05) is 24.3 Å². The lowest BCUT2D eigenvalue weighted by molar-refractivity contribution is 0.346. The first-order valence-corrected chi connectivity index (χ1v) is 10.6. The van der Waals surface area contributed by atoms with Crippen LogP contribution in [0.2, 0.25) is 5.02 Å². The number of pyridine rings is 1. The van der Waals surface area contributed by atoms with Crippen molar-refractivity contribution in [3.05, 3.63) is 63.7 Å². The van der Waals surface area contributed by atoms with Crippen LogP contribution in [0.1, 0.15) is 24.8 Å². The van der Waals surface area contributed by atoms with Crippen LogP contribution in [0.3, 0.4) is 0 Å².